The number of ether oxygens (including phenoxy) is 1. The Morgan fingerprint density at radius 1 is 1.42 bits per heavy atom. The van der Waals surface area contributed by atoms with Gasteiger partial charge in [0.25, 0.3) is 0 Å². The van der Waals surface area contributed by atoms with Crippen LogP contribution >= 0.6 is 0 Å². The highest BCUT2D eigenvalue weighted by molar-refractivity contribution is 5.69. The first-order chi connectivity index (χ1) is 9.19. The summed E-state index contributed by atoms with van der Waals surface area (Å²) in [5.41, 5.74) is 1.06. The number of nitrogens with zero attached hydrogens (tertiary/aromatic N) is 1. The Morgan fingerprint density at radius 2 is 2.16 bits per heavy atom. The van der Waals surface area contributed by atoms with Crippen LogP contribution in [0.5, 0.6) is 5.75 Å². The first kappa shape index (κ1) is 13.9. The summed E-state index contributed by atoms with van der Waals surface area (Å²) >= 11 is 0. The molecular weight excluding hydrogens is 242 g/mol. The highest BCUT2D eigenvalue weighted by Crippen LogP contribution is 2.30. The van der Waals surface area contributed by atoms with E-state index in [4.69, 9.17) is 9.84 Å². The summed E-state index contributed by atoms with van der Waals surface area (Å²) in [6, 6.07) is 7.85. The van der Waals surface area contributed by atoms with Gasteiger partial charge in [0, 0.05) is 18.7 Å². The second-order valence-electron chi connectivity index (χ2n) is 5.05. The van der Waals surface area contributed by atoms with Gasteiger partial charge in [-0.25, -0.2) is 0 Å². The molecule has 0 spiro atoms. The zero-order valence-electron chi connectivity index (χ0n) is 11.3. The van der Waals surface area contributed by atoms with Gasteiger partial charge >= 0.3 is 5.97 Å². The summed E-state index contributed by atoms with van der Waals surface area (Å²) in [5.74, 6) is 0.768. The quantitative estimate of drug-likeness (QED) is 0.782. The Morgan fingerprint density at radius 3 is 2.79 bits per heavy atom. The molecule has 0 unspecified atom stereocenters. The second kappa shape index (κ2) is 6.57. The first-order valence-corrected chi connectivity index (χ1v) is 6.84. The molecule has 104 valence electrons. The van der Waals surface area contributed by atoms with Gasteiger partial charge in [0.15, 0.2) is 0 Å². The van der Waals surface area contributed by atoms with Crippen molar-refractivity contribution in [2.75, 3.05) is 19.7 Å². The minimum Gasteiger partial charge on any atom is -0.494 e. The van der Waals surface area contributed by atoms with Crippen LogP contribution in [0.2, 0.25) is 0 Å². The molecule has 1 aromatic carbocycles. The molecular formula is C15H21NO3. The van der Waals surface area contributed by atoms with Gasteiger partial charge < -0.3 is 9.84 Å². The Balaban J connectivity index is 2.03. The van der Waals surface area contributed by atoms with E-state index in [1.807, 2.05) is 36.1 Å². The zero-order valence-corrected chi connectivity index (χ0v) is 11.3. The van der Waals surface area contributed by atoms with Crippen LogP contribution in [0.3, 0.4) is 0 Å². The van der Waals surface area contributed by atoms with E-state index in [1.54, 1.807) is 0 Å². The van der Waals surface area contributed by atoms with Crippen LogP contribution in [-0.4, -0.2) is 35.7 Å². The van der Waals surface area contributed by atoms with Crippen LogP contribution in [0.15, 0.2) is 24.3 Å². The molecule has 0 bridgehead atoms. The van der Waals surface area contributed by atoms with Crippen molar-refractivity contribution in [2.45, 2.75) is 26.3 Å². The predicted molar refractivity (Wildman–Crippen MR) is 73.2 cm³/mol. The Kier molecular flexibility index (Phi) is 4.80. The van der Waals surface area contributed by atoms with Crippen molar-refractivity contribution in [1.82, 2.24) is 4.90 Å². The van der Waals surface area contributed by atoms with Crippen LogP contribution in [0.1, 0.15) is 25.3 Å². The molecule has 0 amide bonds. The molecule has 1 saturated carbocycles. The highest BCUT2D eigenvalue weighted by atomic mass is 16.5. The van der Waals surface area contributed by atoms with Crippen molar-refractivity contribution >= 4 is 5.97 Å². The molecule has 0 saturated heterocycles. The Hall–Kier alpha value is -1.55. The van der Waals surface area contributed by atoms with Gasteiger partial charge in [0.2, 0.25) is 0 Å². The molecule has 19 heavy (non-hydrogen) atoms. The molecule has 1 fully saturated rings. The number of hydrogen-bond acceptors (Lipinski definition) is 3. The van der Waals surface area contributed by atoms with Gasteiger partial charge in [-0.2, -0.15) is 0 Å². The first-order valence-electron chi connectivity index (χ1n) is 6.84. The normalized spacial score (nSPS) is 14.6. The summed E-state index contributed by atoms with van der Waals surface area (Å²) in [5, 5.41) is 8.99. The minimum absolute atomic E-state index is 0.0942. The van der Waals surface area contributed by atoms with Crippen molar-refractivity contribution < 1.29 is 14.6 Å². The molecule has 0 aliphatic heterocycles. The maximum Gasteiger partial charge on any atom is 0.317 e. The third kappa shape index (κ3) is 4.56. The monoisotopic (exact) mass is 263 g/mol. The van der Waals surface area contributed by atoms with E-state index < -0.39 is 5.97 Å². The third-order valence-corrected chi connectivity index (χ3v) is 3.24. The molecule has 1 aliphatic carbocycles. The lowest BCUT2D eigenvalue weighted by Gasteiger charge is -2.21. The average molecular weight is 263 g/mol. The lowest BCUT2D eigenvalue weighted by molar-refractivity contribution is -0.138. The van der Waals surface area contributed by atoms with E-state index in [0.717, 1.165) is 17.9 Å². The summed E-state index contributed by atoms with van der Waals surface area (Å²) in [4.78, 5) is 12.9. The number of carbonyl (C=O) groups is 1. The summed E-state index contributed by atoms with van der Waals surface area (Å²) in [7, 11) is 0. The fourth-order valence-corrected chi connectivity index (χ4v) is 2.21. The Bertz CT molecular complexity index is 429. The number of benzene rings is 1. The second-order valence-corrected chi connectivity index (χ2v) is 5.05. The van der Waals surface area contributed by atoms with E-state index in [2.05, 4.69) is 0 Å². The van der Waals surface area contributed by atoms with Gasteiger partial charge in [0.05, 0.1) is 13.2 Å². The van der Waals surface area contributed by atoms with Crippen LogP contribution in [0, 0.1) is 5.92 Å². The molecule has 0 heterocycles. The van der Waals surface area contributed by atoms with E-state index in [0.29, 0.717) is 19.1 Å². The number of para-hydroxylation sites is 1. The van der Waals surface area contributed by atoms with Crippen LogP contribution in [-0.2, 0) is 11.3 Å². The van der Waals surface area contributed by atoms with Crippen molar-refractivity contribution in [1.29, 1.82) is 0 Å². The molecule has 4 heteroatoms. The van der Waals surface area contributed by atoms with Gasteiger partial charge in [-0.15, -0.1) is 0 Å². The van der Waals surface area contributed by atoms with Crippen LogP contribution in [0.25, 0.3) is 0 Å². The number of aliphatic carboxylic acids is 1. The molecule has 2 rings (SSSR count). The molecule has 1 N–H and O–H groups in total. The average Bonchev–Trinajstić information content (AvgIpc) is 3.15. The van der Waals surface area contributed by atoms with Crippen molar-refractivity contribution in [3.05, 3.63) is 29.8 Å². The van der Waals surface area contributed by atoms with Crippen LogP contribution in [0.4, 0.5) is 0 Å². The largest absolute Gasteiger partial charge is 0.494 e. The lowest BCUT2D eigenvalue weighted by atomic mass is 10.2. The third-order valence-electron chi connectivity index (χ3n) is 3.24. The smallest absolute Gasteiger partial charge is 0.317 e. The molecule has 4 nitrogen and oxygen atoms in total. The van der Waals surface area contributed by atoms with E-state index in [9.17, 15) is 4.79 Å². The number of carboxylic acid groups (broad SMARTS) is 1. The van der Waals surface area contributed by atoms with Gasteiger partial charge in [0.1, 0.15) is 5.75 Å². The standard InChI is InChI=1S/C15H21NO3/c1-2-19-14-6-4-3-5-13(14)10-16(11-15(17)18)9-12-7-8-12/h3-6,12H,2,7-11H2,1H3,(H,17,18). The van der Waals surface area contributed by atoms with Gasteiger partial charge in [-0.05, 0) is 31.7 Å². The van der Waals surface area contributed by atoms with Crippen LogP contribution < -0.4 is 4.74 Å². The maximum absolute atomic E-state index is 10.9. The predicted octanol–water partition coefficient (Wildman–Crippen LogP) is 2.38. The molecule has 1 aromatic rings. The van der Waals surface area contributed by atoms with E-state index >= 15 is 0 Å². The van der Waals surface area contributed by atoms with E-state index in [-0.39, 0.29) is 6.54 Å². The SMILES string of the molecule is CCOc1ccccc1CN(CC(=O)O)CC1CC1. The zero-order chi connectivity index (χ0) is 13.7. The molecule has 0 aromatic heterocycles. The van der Waals surface area contributed by atoms with Gasteiger partial charge in [-0.1, -0.05) is 18.2 Å². The highest BCUT2D eigenvalue weighted by Gasteiger charge is 2.25. The van der Waals surface area contributed by atoms with E-state index in [1.165, 1.54) is 12.8 Å². The number of carboxylic acids is 1. The summed E-state index contributed by atoms with van der Waals surface area (Å²) in [6.07, 6.45) is 2.45. The summed E-state index contributed by atoms with van der Waals surface area (Å²) in [6.45, 7) is 4.18. The summed E-state index contributed by atoms with van der Waals surface area (Å²) < 4.78 is 5.59. The van der Waals surface area contributed by atoms with Crippen molar-refractivity contribution in [3.63, 3.8) is 0 Å². The maximum atomic E-state index is 10.9. The fourth-order valence-electron chi connectivity index (χ4n) is 2.21. The number of hydrogen-bond donors (Lipinski definition) is 1. The van der Waals surface area contributed by atoms with Crippen molar-refractivity contribution in [3.8, 4) is 5.75 Å². The van der Waals surface area contributed by atoms with Crippen molar-refractivity contribution in [2.24, 2.45) is 5.92 Å². The molecule has 1 aliphatic rings. The van der Waals surface area contributed by atoms with Gasteiger partial charge in [-0.3, -0.25) is 9.69 Å². The lowest BCUT2D eigenvalue weighted by Crippen LogP contribution is -2.31. The molecule has 0 radical (unpaired) electrons. The fraction of sp³-hybridized carbons (Fsp3) is 0.533. The molecule has 0 atom stereocenters. The topological polar surface area (TPSA) is 49.8 Å². The number of rotatable bonds is 8. The Labute approximate surface area is 114 Å². The minimum atomic E-state index is -0.769.